The van der Waals surface area contributed by atoms with Crippen LogP contribution in [0.4, 0.5) is 28.4 Å². The van der Waals surface area contributed by atoms with Gasteiger partial charge >= 0.3 is 17.7 Å². The molecule has 0 spiro atoms. The maximum atomic E-state index is 13.6. The Kier molecular flexibility index (Phi) is 8.90. The number of hydrogen-bond acceptors (Lipinski definition) is 7. The third-order valence-corrected chi connectivity index (χ3v) is 8.95. The Balaban J connectivity index is 1.89. The van der Waals surface area contributed by atoms with Gasteiger partial charge in [0.1, 0.15) is 5.60 Å². The van der Waals surface area contributed by atoms with Crippen molar-refractivity contribution in [3.8, 4) is 10.4 Å². The zero-order valence-corrected chi connectivity index (χ0v) is 23.8. The Hall–Kier alpha value is -2.87. The third kappa shape index (κ3) is 7.21. The van der Waals surface area contributed by atoms with Gasteiger partial charge in [0.25, 0.3) is 9.84 Å². The quantitative estimate of drug-likeness (QED) is 0.376. The molecule has 14 heteroatoms. The molecule has 1 heterocycles. The van der Waals surface area contributed by atoms with E-state index in [-0.39, 0.29) is 34.1 Å². The molecule has 2 amide bonds. The summed E-state index contributed by atoms with van der Waals surface area (Å²) in [6.07, 6.45) is 1.93. The number of amides is 2. The van der Waals surface area contributed by atoms with Crippen molar-refractivity contribution in [1.82, 2.24) is 9.88 Å². The summed E-state index contributed by atoms with van der Waals surface area (Å²) in [5.74, 6) is -0.0291. The SMILES string of the molecule is CC(C)N(C(=O)O)C1CCC(c2ncc(-c3ccc(NC(=O)OC(C)(C)C)cc3S(=O)(=O)C(F)(F)F)s2)CC1. The first-order chi connectivity index (χ1) is 17.9. The average Bonchev–Trinajstić information content (AvgIpc) is 3.27. The third-order valence-electron chi connectivity index (χ3n) is 6.23. The fourth-order valence-corrected chi connectivity index (χ4v) is 6.76. The molecule has 1 fully saturated rings. The van der Waals surface area contributed by atoms with Crippen LogP contribution in [0.15, 0.2) is 29.3 Å². The molecule has 1 aliphatic carbocycles. The maximum absolute atomic E-state index is 13.6. The van der Waals surface area contributed by atoms with Gasteiger partial charge in [0.05, 0.1) is 14.8 Å². The Morgan fingerprint density at radius 3 is 2.28 bits per heavy atom. The van der Waals surface area contributed by atoms with Crippen LogP contribution >= 0.6 is 11.3 Å². The summed E-state index contributed by atoms with van der Waals surface area (Å²) in [6.45, 7) is 8.45. The molecule has 39 heavy (non-hydrogen) atoms. The minimum atomic E-state index is -5.77. The summed E-state index contributed by atoms with van der Waals surface area (Å²) < 4.78 is 70.8. The van der Waals surface area contributed by atoms with E-state index in [4.69, 9.17) is 4.74 Å². The van der Waals surface area contributed by atoms with Crippen molar-refractivity contribution >= 4 is 39.0 Å². The van der Waals surface area contributed by atoms with Gasteiger partial charge in [-0.05, 0) is 72.4 Å². The van der Waals surface area contributed by atoms with Gasteiger partial charge in [-0.3, -0.25) is 5.32 Å². The van der Waals surface area contributed by atoms with Crippen molar-refractivity contribution in [3.05, 3.63) is 29.4 Å². The molecule has 1 aliphatic rings. The minimum absolute atomic E-state index is 0.0291. The Labute approximate surface area is 229 Å². The van der Waals surface area contributed by atoms with Crippen LogP contribution < -0.4 is 5.32 Å². The first-order valence-corrected chi connectivity index (χ1v) is 14.6. The predicted molar refractivity (Wildman–Crippen MR) is 141 cm³/mol. The Bertz CT molecular complexity index is 1310. The van der Waals surface area contributed by atoms with Crippen LogP contribution in [0.2, 0.25) is 0 Å². The van der Waals surface area contributed by atoms with Crippen LogP contribution in [0.25, 0.3) is 10.4 Å². The van der Waals surface area contributed by atoms with Crippen molar-refractivity contribution in [2.24, 2.45) is 0 Å². The molecule has 2 aromatic rings. The Morgan fingerprint density at radius 1 is 1.15 bits per heavy atom. The van der Waals surface area contributed by atoms with Crippen LogP contribution in [0.1, 0.15) is 71.2 Å². The number of carboxylic acid groups (broad SMARTS) is 1. The fraction of sp³-hybridized carbons (Fsp3) is 0.560. The van der Waals surface area contributed by atoms with Crippen LogP contribution in [0, 0.1) is 0 Å². The number of rotatable bonds is 6. The van der Waals surface area contributed by atoms with Gasteiger partial charge in [0, 0.05) is 35.4 Å². The number of ether oxygens (including phenoxy) is 1. The number of nitrogens with one attached hydrogen (secondary N) is 1. The van der Waals surface area contributed by atoms with E-state index in [2.05, 4.69) is 10.3 Å². The molecule has 0 radical (unpaired) electrons. The highest BCUT2D eigenvalue weighted by atomic mass is 32.2. The van der Waals surface area contributed by atoms with Crippen molar-refractivity contribution in [2.45, 2.75) is 94.3 Å². The highest BCUT2D eigenvalue weighted by molar-refractivity contribution is 7.92. The van der Waals surface area contributed by atoms with Crippen LogP contribution in [-0.2, 0) is 14.6 Å². The fourth-order valence-electron chi connectivity index (χ4n) is 4.57. The van der Waals surface area contributed by atoms with E-state index < -0.39 is 38.0 Å². The molecule has 0 aliphatic heterocycles. The zero-order chi connectivity index (χ0) is 29.3. The molecular formula is C25H32F3N3O6S2. The summed E-state index contributed by atoms with van der Waals surface area (Å²) in [4.78, 5) is 28.8. The summed E-state index contributed by atoms with van der Waals surface area (Å²) in [5.41, 5.74) is -6.79. The number of halogens is 3. The van der Waals surface area contributed by atoms with Gasteiger partial charge < -0.3 is 14.7 Å². The number of carbonyl (C=O) groups excluding carboxylic acids is 1. The molecule has 0 atom stereocenters. The first-order valence-electron chi connectivity index (χ1n) is 12.3. The molecule has 0 saturated heterocycles. The second-order valence-corrected chi connectivity index (χ2v) is 13.6. The lowest BCUT2D eigenvalue weighted by Crippen LogP contribution is -2.45. The van der Waals surface area contributed by atoms with E-state index in [1.807, 2.05) is 13.8 Å². The van der Waals surface area contributed by atoms with Gasteiger partial charge in [0.2, 0.25) is 0 Å². The number of anilines is 1. The number of hydrogen-bond donors (Lipinski definition) is 2. The number of alkyl halides is 3. The van der Waals surface area contributed by atoms with Crippen molar-refractivity contribution in [1.29, 1.82) is 0 Å². The molecule has 2 N–H and O–H groups in total. The number of benzene rings is 1. The highest BCUT2D eigenvalue weighted by Crippen LogP contribution is 2.43. The molecule has 1 saturated carbocycles. The van der Waals surface area contributed by atoms with E-state index in [0.717, 1.165) is 17.4 Å². The lowest BCUT2D eigenvalue weighted by atomic mass is 9.85. The first kappa shape index (κ1) is 30.7. The monoisotopic (exact) mass is 591 g/mol. The molecule has 9 nitrogen and oxygen atoms in total. The van der Waals surface area contributed by atoms with E-state index >= 15 is 0 Å². The normalized spacial score (nSPS) is 18.6. The number of carbonyl (C=O) groups is 2. The molecule has 216 valence electrons. The molecule has 1 aromatic heterocycles. The molecule has 0 unspecified atom stereocenters. The topological polar surface area (TPSA) is 126 Å². The van der Waals surface area contributed by atoms with E-state index in [1.54, 1.807) is 20.8 Å². The largest absolute Gasteiger partial charge is 0.501 e. The van der Waals surface area contributed by atoms with Crippen molar-refractivity contribution in [2.75, 3.05) is 5.32 Å². The summed E-state index contributed by atoms with van der Waals surface area (Å²) in [6, 6.07) is 2.96. The predicted octanol–water partition coefficient (Wildman–Crippen LogP) is 6.87. The highest BCUT2D eigenvalue weighted by Gasteiger charge is 2.48. The molecular weight excluding hydrogens is 559 g/mol. The van der Waals surface area contributed by atoms with Gasteiger partial charge in [0.15, 0.2) is 0 Å². The van der Waals surface area contributed by atoms with Gasteiger partial charge in [-0.2, -0.15) is 13.2 Å². The van der Waals surface area contributed by atoms with E-state index in [0.29, 0.717) is 30.7 Å². The van der Waals surface area contributed by atoms with Gasteiger partial charge in [-0.1, -0.05) is 6.07 Å². The second kappa shape index (κ2) is 11.3. The van der Waals surface area contributed by atoms with Crippen LogP contribution in [0.3, 0.4) is 0 Å². The van der Waals surface area contributed by atoms with Gasteiger partial charge in [-0.25, -0.2) is 23.0 Å². The summed E-state index contributed by atoms with van der Waals surface area (Å²) in [5, 5.41) is 12.4. The number of thiazole rings is 1. The number of aromatic nitrogens is 1. The maximum Gasteiger partial charge on any atom is 0.501 e. The molecule has 3 rings (SSSR count). The number of nitrogens with zero attached hydrogens (tertiary/aromatic N) is 2. The smallest absolute Gasteiger partial charge is 0.465 e. The number of sulfone groups is 1. The lowest BCUT2D eigenvalue weighted by molar-refractivity contribution is -0.0435. The van der Waals surface area contributed by atoms with Crippen LogP contribution in [0.5, 0.6) is 0 Å². The van der Waals surface area contributed by atoms with Crippen molar-refractivity contribution < 1.29 is 41.0 Å². The second-order valence-electron chi connectivity index (χ2n) is 10.6. The average molecular weight is 592 g/mol. The standard InChI is InChI=1S/C25H32F3N3O6S2/c1-14(2)31(23(33)34)17-9-6-15(7-10-17)21-29-13-19(38-21)18-11-8-16(30-22(32)37-24(3,4)5)12-20(18)39(35,36)25(26,27)28/h8,11-15,17H,6-7,9-10H2,1-5H3,(H,30,32)(H,33,34). The van der Waals surface area contributed by atoms with Gasteiger partial charge in [-0.15, -0.1) is 11.3 Å². The summed E-state index contributed by atoms with van der Waals surface area (Å²) in [7, 11) is -5.77. The van der Waals surface area contributed by atoms with E-state index in [9.17, 15) is 36.3 Å². The molecule has 0 bridgehead atoms. The Morgan fingerprint density at radius 2 is 1.77 bits per heavy atom. The zero-order valence-electron chi connectivity index (χ0n) is 22.2. The summed E-state index contributed by atoms with van der Waals surface area (Å²) >= 11 is 1.10. The lowest BCUT2D eigenvalue weighted by Gasteiger charge is -2.37. The minimum Gasteiger partial charge on any atom is -0.465 e. The van der Waals surface area contributed by atoms with Crippen molar-refractivity contribution in [3.63, 3.8) is 0 Å². The molecule has 1 aromatic carbocycles. The van der Waals surface area contributed by atoms with E-state index in [1.165, 1.54) is 23.2 Å². The van der Waals surface area contributed by atoms with Crippen LogP contribution in [-0.4, -0.2) is 58.8 Å².